The lowest BCUT2D eigenvalue weighted by Crippen LogP contribution is -2.04. The van der Waals surface area contributed by atoms with Crippen LogP contribution in [0.5, 0.6) is 0 Å². The van der Waals surface area contributed by atoms with Crippen molar-refractivity contribution in [3.63, 3.8) is 0 Å². The summed E-state index contributed by atoms with van der Waals surface area (Å²) in [6, 6.07) is 0. The molecular weight excluding hydrogens is 126 g/mol. The highest BCUT2D eigenvalue weighted by Gasteiger charge is 1.87. The van der Waals surface area contributed by atoms with Crippen LogP contribution in [-0.2, 0) is 0 Å². The molecule has 0 aromatic rings. The van der Waals surface area contributed by atoms with Crippen LogP contribution in [0.15, 0.2) is 23.9 Å². The molecule has 0 radical (unpaired) electrons. The lowest BCUT2D eigenvalue weighted by atomic mass is 10.2. The first-order valence-electron chi connectivity index (χ1n) is 3.38. The number of allylic oxidation sites excluding steroid dienone is 3. The quantitative estimate of drug-likeness (QED) is 0.465. The highest BCUT2D eigenvalue weighted by Crippen LogP contribution is 2.01. The predicted octanol–water partition coefficient (Wildman–Crippen LogP) is 2.23. The van der Waals surface area contributed by atoms with Crippen molar-refractivity contribution in [1.82, 2.24) is 5.48 Å². The summed E-state index contributed by atoms with van der Waals surface area (Å²) in [5.41, 5.74) is 3.98. The standard InChI is InChI=1S/C8H15NO/c1-7(2)5-4-6-8(3)9-10/h5,9-10H,3-4,6H2,1-2H3. The van der Waals surface area contributed by atoms with Crippen molar-refractivity contribution < 1.29 is 5.21 Å². The van der Waals surface area contributed by atoms with Crippen molar-refractivity contribution in [2.24, 2.45) is 0 Å². The Morgan fingerprint density at radius 3 is 2.60 bits per heavy atom. The van der Waals surface area contributed by atoms with E-state index in [1.165, 1.54) is 5.57 Å². The summed E-state index contributed by atoms with van der Waals surface area (Å²) in [6.07, 6.45) is 3.85. The van der Waals surface area contributed by atoms with Crippen molar-refractivity contribution in [3.8, 4) is 0 Å². The van der Waals surface area contributed by atoms with Crippen molar-refractivity contribution in [3.05, 3.63) is 23.9 Å². The van der Waals surface area contributed by atoms with E-state index in [0.29, 0.717) is 5.70 Å². The normalized spacial score (nSPS) is 8.70. The maximum Gasteiger partial charge on any atom is 0.0307 e. The first-order valence-corrected chi connectivity index (χ1v) is 3.38. The van der Waals surface area contributed by atoms with E-state index in [-0.39, 0.29) is 0 Å². The molecule has 0 saturated heterocycles. The third-order valence-corrected chi connectivity index (χ3v) is 1.16. The summed E-state index contributed by atoms with van der Waals surface area (Å²) >= 11 is 0. The van der Waals surface area contributed by atoms with E-state index in [2.05, 4.69) is 26.5 Å². The van der Waals surface area contributed by atoms with Crippen molar-refractivity contribution in [2.75, 3.05) is 0 Å². The Bertz CT molecular complexity index is 134. The molecule has 0 rings (SSSR count). The van der Waals surface area contributed by atoms with E-state index >= 15 is 0 Å². The van der Waals surface area contributed by atoms with Gasteiger partial charge in [-0.15, -0.1) is 0 Å². The molecule has 2 N–H and O–H groups in total. The van der Waals surface area contributed by atoms with Crippen LogP contribution in [0.1, 0.15) is 26.7 Å². The summed E-state index contributed by atoms with van der Waals surface area (Å²) in [5, 5.41) is 8.33. The highest BCUT2D eigenvalue weighted by molar-refractivity contribution is 4.97. The number of hydrogen-bond donors (Lipinski definition) is 2. The smallest absolute Gasteiger partial charge is 0.0307 e. The summed E-state index contributed by atoms with van der Waals surface area (Å²) in [7, 11) is 0. The van der Waals surface area contributed by atoms with E-state index < -0.39 is 0 Å². The molecule has 0 saturated carbocycles. The van der Waals surface area contributed by atoms with Crippen LogP contribution in [0.2, 0.25) is 0 Å². The van der Waals surface area contributed by atoms with Crippen molar-refractivity contribution >= 4 is 0 Å². The maximum absolute atomic E-state index is 8.33. The van der Waals surface area contributed by atoms with E-state index in [0.717, 1.165) is 12.8 Å². The Morgan fingerprint density at radius 2 is 2.20 bits per heavy atom. The highest BCUT2D eigenvalue weighted by atomic mass is 16.5. The molecule has 2 heteroatoms. The van der Waals surface area contributed by atoms with Gasteiger partial charge in [0.25, 0.3) is 0 Å². The summed E-state index contributed by atoms with van der Waals surface area (Å²) < 4.78 is 0. The molecule has 0 atom stereocenters. The van der Waals surface area contributed by atoms with Crippen LogP contribution in [-0.4, -0.2) is 5.21 Å². The first-order chi connectivity index (χ1) is 4.66. The maximum atomic E-state index is 8.33. The Labute approximate surface area is 62.2 Å². The van der Waals surface area contributed by atoms with Gasteiger partial charge in [-0.05, 0) is 26.7 Å². The Morgan fingerprint density at radius 1 is 1.60 bits per heavy atom. The third-order valence-electron chi connectivity index (χ3n) is 1.16. The lowest BCUT2D eigenvalue weighted by molar-refractivity contribution is 0.197. The molecule has 0 heterocycles. The minimum atomic E-state index is 0.664. The molecule has 0 spiro atoms. The van der Waals surface area contributed by atoms with Gasteiger partial charge in [-0.1, -0.05) is 18.2 Å². The second kappa shape index (κ2) is 5.06. The monoisotopic (exact) mass is 141 g/mol. The molecule has 0 fully saturated rings. The van der Waals surface area contributed by atoms with Crippen molar-refractivity contribution in [1.29, 1.82) is 0 Å². The van der Waals surface area contributed by atoms with E-state index in [9.17, 15) is 0 Å². The third kappa shape index (κ3) is 5.38. The molecule has 0 aliphatic carbocycles. The molecule has 0 aromatic heterocycles. The van der Waals surface area contributed by atoms with Crippen LogP contribution in [0, 0.1) is 0 Å². The van der Waals surface area contributed by atoms with Gasteiger partial charge in [0.15, 0.2) is 0 Å². The van der Waals surface area contributed by atoms with Crippen LogP contribution < -0.4 is 5.48 Å². The average molecular weight is 141 g/mol. The van der Waals surface area contributed by atoms with Crippen molar-refractivity contribution in [2.45, 2.75) is 26.7 Å². The largest absolute Gasteiger partial charge is 0.291 e. The topological polar surface area (TPSA) is 32.3 Å². The second-order valence-electron chi connectivity index (χ2n) is 2.54. The number of rotatable bonds is 4. The van der Waals surface area contributed by atoms with Gasteiger partial charge < -0.3 is 0 Å². The molecule has 10 heavy (non-hydrogen) atoms. The van der Waals surface area contributed by atoms with Gasteiger partial charge in [-0.25, -0.2) is 0 Å². The number of nitrogens with one attached hydrogen (secondary N) is 1. The number of hydroxylamine groups is 1. The molecule has 0 unspecified atom stereocenters. The van der Waals surface area contributed by atoms with Gasteiger partial charge in [-0.3, -0.25) is 10.7 Å². The zero-order valence-electron chi connectivity index (χ0n) is 6.65. The molecule has 58 valence electrons. The minimum Gasteiger partial charge on any atom is -0.291 e. The lowest BCUT2D eigenvalue weighted by Gasteiger charge is -1.99. The molecule has 0 bridgehead atoms. The fourth-order valence-electron chi connectivity index (χ4n) is 0.591. The Hall–Kier alpha value is -0.760. The average Bonchev–Trinajstić information content (AvgIpc) is 1.87. The molecule has 0 aliphatic heterocycles. The zero-order valence-corrected chi connectivity index (χ0v) is 6.65. The summed E-state index contributed by atoms with van der Waals surface area (Å²) in [6.45, 7) is 7.68. The SMILES string of the molecule is C=C(CCC=C(C)C)NO. The van der Waals surface area contributed by atoms with Gasteiger partial charge in [0.1, 0.15) is 0 Å². The molecular formula is C8H15NO. The predicted molar refractivity (Wildman–Crippen MR) is 42.7 cm³/mol. The van der Waals surface area contributed by atoms with E-state index in [1.807, 2.05) is 5.48 Å². The second-order valence-corrected chi connectivity index (χ2v) is 2.54. The van der Waals surface area contributed by atoms with Crippen LogP contribution >= 0.6 is 0 Å². The molecule has 0 aliphatic rings. The summed E-state index contributed by atoms with van der Waals surface area (Å²) in [4.78, 5) is 0. The van der Waals surface area contributed by atoms with Gasteiger partial charge >= 0.3 is 0 Å². The fraction of sp³-hybridized carbons (Fsp3) is 0.500. The molecule has 2 nitrogen and oxygen atoms in total. The van der Waals surface area contributed by atoms with Crippen LogP contribution in [0.25, 0.3) is 0 Å². The van der Waals surface area contributed by atoms with Gasteiger partial charge in [0, 0.05) is 5.70 Å². The van der Waals surface area contributed by atoms with E-state index in [4.69, 9.17) is 5.21 Å². The minimum absolute atomic E-state index is 0.664. The van der Waals surface area contributed by atoms with Gasteiger partial charge in [0.05, 0.1) is 0 Å². The van der Waals surface area contributed by atoms with E-state index in [1.54, 1.807) is 0 Å². The zero-order chi connectivity index (χ0) is 7.98. The number of hydrogen-bond acceptors (Lipinski definition) is 2. The van der Waals surface area contributed by atoms with Gasteiger partial charge in [0.2, 0.25) is 0 Å². The molecule has 0 aromatic carbocycles. The van der Waals surface area contributed by atoms with Crippen LogP contribution in [0.4, 0.5) is 0 Å². The van der Waals surface area contributed by atoms with Gasteiger partial charge in [-0.2, -0.15) is 0 Å². The molecule has 0 amide bonds. The first kappa shape index (κ1) is 9.24. The van der Waals surface area contributed by atoms with Crippen LogP contribution in [0.3, 0.4) is 0 Å². The summed E-state index contributed by atoms with van der Waals surface area (Å²) in [5.74, 6) is 0. The Balaban J connectivity index is 3.37. The Kier molecular flexibility index (Phi) is 4.67. The fourth-order valence-corrected chi connectivity index (χ4v) is 0.591.